The predicted molar refractivity (Wildman–Crippen MR) is 73.0 cm³/mol. The van der Waals surface area contributed by atoms with E-state index in [1.165, 1.54) is 0 Å². The number of ketones is 2. The van der Waals surface area contributed by atoms with Crippen LogP contribution in [0.25, 0.3) is 0 Å². The van der Waals surface area contributed by atoms with Gasteiger partial charge in [-0.25, -0.2) is 0 Å². The van der Waals surface area contributed by atoms with E-state index < -0.39 is 0 Å². The van der Waals surface area contributed by atoms with Gasteiger partial charge in [-0.1, -0.05) is 57.5 Å². The molecule has 94 valence electrons. The lowest BCUT2D eigenvalue weighted by Gasteiger charge is -2.29. The van der Waals surface area contributed by atoms with Gasteiger partial charge in [0.05, 0.1) is 0 Å². The fraction of sp³-hybridized carbons (Fsp3) is 0.571. The van der Waals surface area contributed by atoms with Gasteiger partial charge in [-0.05, 0) is 16.9 Å². The lowest BCUT2D eigenvalue weighted by atomic mass is 9.74. The first-order valence-corrected chi connectivity index (χ1v) is 6.47. The highest BCUT2D eigenvalue weighted by Gasteiger charge is 2.38. The van der Waals surface area contributed by atoms with Gasteiger partial charge in [0.2, 0.25) is 11.6 Å². The summed E-state index contributed by atoms with van der Waals surface area (Å²) in [4.78, 5) is 24.3. The summed E-state index contributed by atoms with van der Waals surface area (Å²) >= 11 is 3.42. The highest BCUT2D eigenvalue weighted by molar-refractivity contribution is 9.12. The van der Waals surface area contributed by atoms with Gasteiger partial charge in [0.15, 0.2) is 0 Å². The minimum atomic E-state index is -0.378. The Morgan fingerprint density at radius 2 is 1.35 bits per heavy atom. The molecule has 0 radical (unpaired) electrons. The van der Waals surface area contributed by atoms with E-state index in [-0.39, 0.29) is 22.4 Å². The topological polar surface area (TPSA) is 34.1 Å². The Kier molecular flexibility index (Phi) is 3.55. The van der Waals surface area contributed by atoms with Crippen LogP contribution in [-0.2, 0) is 9.59 Å². The Labute approximate surface area is 111 Å². The van der Waals surface area contributed by atoms with Crippen molar-refractivity contribution in [3.05, 3.63) is 21.7 Å². The molecule has 1 aliphatic rings. The molecular weight excluding hydrogens is 280 g/mol. The summed E-state index contributed by atoms with van der Waals surface area (Å²) in [6.45, 7) is 11.6. The third-order valence-electron chi connectivity index (χ3n) is 2.75. The molecule has 1 rings (SSSR count). The molecule has 0 aromatic rings. The van der Waals surface area contributed by atoms with Gasteiger partial charge in [-0.15, -0.1) is 0 Å². The number of halogens is 1. The zero-order valence-corrected chi connectivity index (χ0v) is 12.9. The number of hydrogen-bond donors (Lipinski definition) is 0. The van der Waals surface area contributed by atoms with Crippen molar-refractivity contribution in [1.29, 1.82) is 0 Å². The molecule has 0 unspecified atom stereocenters. The molecule has 0 bridgehead atoms. The molecular formula is C14H19BrO2. The molecule has 0 heterocycles. The number of Topliss-reactive ketones (excluding diaryl/α,β-unsaturated/α-hetero) is 2. The summed E-state index contributed by atoms with van der Waals surface area (Å²) in [5.74, 6) is -0.748. The van der Waals surface area contributed by atoms with E-state index >= 15 is 0 Å². The second-order valence-electron chi connectivity index (χ2n) is 6.44. The highest BCUT2D eigenvalue weighted by atomic mass is 79.9. The number of carbonyl (C=O) groups excluding carboxylic acids is 2. The van der Waals surface area contributed by atoms with E-state index in [0.717, 1.165) is 4.48 Å². The van der Waals surface area contributed by atoms with Crippen molar-refractivity contribution < 1.29 is 9.59 Å². The van der Waals surface area contributed by atoms with Crippen molar-refractivity contribution in [3.63, 3.8) is 0 Å². The van der Waals surface area contributed by atoms with Crippen molar-refractivity contribution in [3.8, 4) is 0 Å². The SMILES string of the molecule is CC(C)(C)C1=CC(Br)=C(C(C)(C)C)C(=O)C1=O. The summed E-state index contributed by atoms with van der Waals surface area (Å²) in [5, 5.41) is 0. The number of hydrogen-bond acceptors (Lipinski definition) is 2. The molecule has 0 saturated heterocycles. The Morgan fingerprint density at radius 1 is 0.882 bits per heavy atom. The second-order valence-corrected chi connectivity index (χ2v) is 7.29. The lowest BCUT2D eigenvalue weighted by molar-refractivity contribution is -0.133. The Morgan fingerprint density at radius 3 is 1.71 bits per heavy atom. The lowest BCUT2D eigenvalue weighted by Crippen LogP contribution is -2.33. The van der Waals surface area contributed by atoms with Crippen LogP contribution in [0.1, 0.15) is 41.5 Å². The van der Waals surface area contributed by atoms with Gasteiger partial charge < -0.3 is 0 Å². The van der Waals surface area contributed by atoms with Crippen molar-refractivity contribution in [2.24, 2.45) is 10.8 Å². The van der Waals surface area contributed by atoms with Crippen LogP contribution in [0.5, 0.6) is 0 Å². The smallest absolute Gasteiger partial charge is 0.230 e. The zero-order valence-electron chi connectivity index (χ0n) is 11.3. The molecule has 0 aromatic heterocycles. The number of allylic oxidation sites excluding steroid dienone is 4. The average molecular weight is 299 g/mol. The fourth-order valence-corrected chi connectivity index (χ4v) is 2.87. The summed E-state index contributed by atoms with van der Waals surface area (Å²) in [7, 11) is 0. The van der Waals surface area contributed by atoms with Gasteiger partial charge >= 0.3 is 0 Å². The zero-order chi connectivity index (χ0) is 13.6. The molecule has 1 aliphatic carbocycles. The third kappa shape index (κ3) is 2.76. The Hall–Kier alpha value is -0.700. The minimum absolute atomic E-state index is 0.310. The van der Waals surface area contributed by atoms with Gasteiger partial charge in [-0.2, -0.15) is 0 Å². The normalized spacial score (nSPS) is 18.6. The quantitative estimate of drug-likeness (QED) is 0.503. The maximum absolute atomic E-state index is 12.2. The number of rotatable bonds is 0. The molecule has 0 aliphatic heterocycles. The van der Waals surface area contributed by atoms with E-state index in [4.69, 9.17) is 0 Å². The Bertz CT molecular complexity index is 440. The average Bonchev–Trinajstić information content (AvgIpc) is 2.07. The summed E-state index contributed by atoms with van der Waals surface area (Å²) in [5.41, 5.74) is 0.499. The third-order valence-corrected chi connectivity index (χ3v) is 3.37. The summed E-state index contributed by atoms with van der Waals surface area (Å²) < 4.78 is 0.736. The molecule has 0 fully saturated rings. The van der Waals surface area contributed by atoms with Crippen LogP contribution >= 0.6 is 15.9 Å². The van der Waals surface area contributed by atoms with Gasteiger partial charge in [0.1, 0.15) is 0 Å². The monoisotopic (exact) mass is 298 g/mol. The van der Waals surface area contributed by atoms with Crippen molar-refractivity contribution >= 4 is 27.5 Å². The summed E-state index contributed by atoms with van der Waals surface area (Å²) in [6.07, 6.45) is 1.80. The summed E-state index contributed by atoms with van der Waals surface area (Å²) in [6, 6.07) is 0. The van der Waals surface area contributed by atoms with Crippen LogP contribution in [0, 0.1) is 10.8 Å². The molecule has 0 spiro atoms. The van der Waals surface area contributed by atoms with Crippen molar-refractivity contribution in [2.75, 3.05) is 0 Å². The van der Waals surface area contributed by atoms with Crippen LogP contribution in [-0.4, -0.2) is 11.6 Å². The van der Waals surface area contributed by atoms with E-state index in [0.29, 0.717) is 11.1 Å². The van der Waals surface area contributed by atoms with E-state index in [1.807, 2.05) is 41.5 Å². The van der Waals surface area contributed by atoms with Crippen LogP contribution in [0.3, 0.4) is 0 Å². The first-order valence-electron chi connectivity index (χ1n) is 5.67. The maximum atomic E-state index is 12.2. The fourth-order valence-electron chi connectivity index (χ4n) is 1.86. The van der Waals surface area contributed by atoms with Gasteiger partial charge in [-0.3, -0.25) is 9.59 Å². The van der Waals surface area contributed by atoms with Crippen LogP contribution < -0.4 is 0 Å². The molecule has 2 nitrogen and oxygen atoms in total. The first kappa shape index (κ1) is 14.4. The van der Waals surface area contributed by atoms with Crippen molar-refractivity contribution in [1.82, 2.24) is 0 Å². The standard InChI is InChI=1S/C14H19BrO2/c1-13(2,3)8-7-9(15)10(14(4,5)6)12(17)11(8)16/h7H,1-6H3. The maximum Gasteiger partial charge on any atom is 0.230 e. The van der Waals surface area contributed by atoms with Gasteiger partial charge in [0, 0.05) is 15.6 Å². The van der Waals surface area contributed by atoms with Crippen LogP contribution in [0.4, 0.5) is 0 Å². The minimum Gasteiger partial charge on any atom is -0.285 e. The number of carbonyl (C=O) groups is 2. The highest BCUT2D eigenvalue weighted by Crippen LogP contribution is 2.39. The van der Waals surface area contributed by atoms with E-state index in [1.54, 1.807) is 6.08 Å². The van der Waals surface area contributed by atoms with Crippen LogP contribution in [0.2, 0.25) is 0 Å². The molecule has 0 N–H and O–H groups in total. The second kappa shape index (κ2) is 4.20. The van der Waals surface area contributed by atoms with E-state index in [2.05, 4.69) is 15.9 Å². The first-order chi connectivity index (χ1) is 7.46. The molecule has 17 heavy (non-hydrogen) atoms. The molecule has 3 heteroatoms. The predicted octanol–water partition coefficient (Wildman–Crippen LogP) is 3.81. The van der Waals surface area contributed by atoms with E-state index in [9.17, 15) is 9.59 Å². The van der Waals surface area contributed by atoms with Crippen molar-refractivity contribution in [2.45, 2.75) is 41.5 Å². The molecule has 0 saturated carbocycles. The van der Waals surface area contributed by atoms with Gasteiger partial charge in [0.25, 0.3) is 0 Å². The molecule has 0 amide bonds. The molecule has 0 aromatic carbocycles. The largest absolute Gasteiger partial charge is 0.285 e. The molecule has 0 atom stereocenters. The Balaban J connectivity index is 3.44. The van der Waals surface area contributed by atoms with Crippen LogP contribution in [0.15, 0.2) is 21.7 Å².